The molecule has 2 rings (SSSR count). The molecule has 130 valence electrons. The lowest BCUT2D eigenvalue weighted by atomic mass is 9.89. The minimum absolute atomic E-state index is 0.0153. The third-order valence-corrected chi connectivity index (χ3v) is 4.65. The van der Waals surface area contributed by atoms with Crippen molar-refractivity contribution in [1.29, 1.82) is 0 Å². The molecular weight excluding hydrogens is 292 g/mol. The standard InChI is InChI=1S/C17H30N4O2/c1-7-13-10-21(12(3)22)9-8-14(13)18-11(2)15-19-16(20-23-15)17(4,5)6/h11,13-14,18H,7-10H2,1-6H3/t11-,13+,14+/m0/s1. The normalized spacial score (nSPS) is 23.8. The van der Waals surface area contributed by atoms with E-state index in [1.165, 1.54) is 0 Å². The van der Waals surface area contributed by atoms with Crippen molar-refractivity contribution >= 4 is 5.91 Å². The van der Waals surface area contributed by atoms with E-state index in [2.05, 4.69) is 50.1 Å². The highest BCUT2D eigenvalue weighted by Crippen LogP contribution is 2.25. The van der Waals surface area contributed by atoms with Gasteiger partial charge in [0.05, 0.1) is 6.04 Å². The summed E-state index contributed by atoms with van der Waals surface area (Å²) >= 11 is 0. The largest absolute Gasteiger partial charge is 0.343 e. The number of rotatable bonds is 4. The van der Waals surface area contributed by atoms with Gasteiger partial charge in [-0.25, -0.2) is 0 Å². The maximum atomic E-state index is 11.6. The Labute approximate surface area is 139 Å². The molecule has 0 bridgehead atoms. The molecule has 1 amide bonds. The van der Waals surface area contributed by atoms with Gasteiger partial charge in [-0.15, -0.1) is 0 Å². The van der Waals surface area contributed by atoms with Crippen molar-refractivity contribution in [2.24, 2.45) is 5.92 Å². The number of hydrogen-bond donors (Lipinski definition) is 1. The molecule has 1 aliphatic rings. The van der Waals surface area contributed by atoms with Crippen LogP contribution in [0.2, 0.25) is 0 Å². The summed E-state index contributed by atoms with van der Waals surface area (Å²) < 4.78 is 5.43. The first-order valence-corrected chi connectivity index (χ1v) is 8.58. The summed E-state index contributed by atoms with van der Waals surface area (Å²) in [7, 11) is 0. The zero-order valence-electron chi connectivity index (χ0n) is 15.2. The minimum atomic E-state index is -0.111. The Morgan fingerprint density at radius 3 is 2.70 bits per heavy atom. The van der Waals surface area contributed by atoms with E-state index in [0.717, 1.165) is 31.8 Å². The maximum absolute atomic E-state index is 11.6. The van der Waals surface area contributed by atoms with Gasteiger partial charge in [0, 0.05) is 31.5 Å². The Balaban J connectivity index is 2.00. The number of amides is 1. The SMILES string of the molecule is CC[C@@H]1CN(C(C)=O)CC[C@H]1N[C@@H](C)c1nc(C(C)(C)C)no1. The van der Waals surface area contributed by atoms with Crippen LogP contribution in [0.25, 0.3) is 0 Å². The second kappa shape index (κ2) is 6.99. The quantitative estimate of drug-likeness (QED) is 0.923. The lowest BCUT2D eigenvalue weighted by Gasteiger charge is -2.39. The predicted octanol–water partition coefficient (Wildman–Crippen LogP) is 2.66. The van der Waals surface area contributed by atoms with E-state index in [1.807, 2.05) is 4.90 Å². The van der Waals surface area contributed by atoms with Crippen LogP contribution in [-0.4, -0.2) is 40.1 Å². The lowest BCUT2D eigenvalue weighted by molar-refractivity contribution is -0.131. The van der Waals surface area contributed by atoms with E-state index in [9.17, 15) is 4.79 Å². The number of likely N-dealkylation sites (tertiary alicyclic amines) is 1. The molecule has 3 atom stereocenters. The smallest absolute Gasteiger partial charge is 0.243 e. The molecule has 0 radical (unpaired) electrons. The van der Waals surface area contributed by atoms with Crippen molar-refractivity contribution in [2.75, 3.05) is 13.1 Å². The van der Waals surface area contributed by atoms with Gasteiger partial charge in [-0.2, -0.15) is 4.98 Å². The molecule has 6 nitrogen and oxygen atoms in total. The monoisotopic (exact) mass is 322 g/mol. The number of carbonyl (C=O) groups excluding carboxylic acids is 1. The number of aromatic nitrogens is 2. The van der Waals surface area contributed by atoms with Crippen molar-refractivity contribution in [3.63, 3.8) is 0 Å². The number of carbonyl (C=O) groups is 1. The Morgan fingerprint density at radius 1 is 1.48 bits per heavy atom. The van der Waals surface area contributed by atoms with E-state index >= 15 is 0 Å². The molecule has 6 heteroatoms. The van der Waals surface area contributed by atoms with E-state index in [4.69, 9.17) is 4.52 Å². The molecule has 1 N–H and O–H groups in total. The fraction of sp³-hybridized carbons (Fsp3) is 0.824. The zero-order chi connectivity index (χ0) is 17.2. The van der Waals surface area contributed by atoms with Gasteiger partial charge in [-0.1, -0.05) is 39.3 Å². The molecule has 0 spiro atoms. The van der Waals surface area contributed by atoms with Crippen LogP contribution < -0.4 is 5.32 Å². The van der Waals surface area contributed by atoms with Crippen LogP contribution in [0.3, 0.4) is 0 Å². The van der Waals surface area contributed by atoms with Gasteiger partial charge >= 0.3 is 0 Å². The van der Waals surface area contributed by atoms with Gasteiger partial charge < -0.3 is 14.7 Å². The van der Waals surface area contributed by atoms with Crippen molar-refractivity contribution in [3.05, 3.63) is 11.7 Å². The van der Waals surface area contributed by atoms with Crippen molar-refractivity contribution < 1.29 is 9.32 Å². The van der Waals surface area contributed by atoms with Crippen LogP contribution in [0.1, 0.15) is 72.1 Å². The second-order valence-corrected chi connectivity index (χ2v) is 7.62. The molecule has 2 heterocycles. The van der Waals surface area contributed by atoms with Crippen LogP contribution in [-0.2, 0) is 10.2 Å². The molecule has 0 unspecified atom stereocenters. The fourth-order valence-corrected chi connectivity index (χ4v) is 3.06. The minimum Gasteiger partial charge on any atom is -0.343 e. The van der Waals surface area contributed by atoms with Crippen molar-refractivity contribution in [1.82, 2.24) is 20.4 Å². The first kappa shape index (κ1) is 17.9. The molecule has 1 aromatic rings. The van der Waals surface area contributed by atoms with Crippen LogP contribution >= 0.6 is 0 Å². The molecule has 0 aromatic carbocycles. The molecular formula is C17H30N4O2. The van der Waals surface area contributed by atoms with E-state index in [1.54, 1.807) is 6.92 Å². The Hall–Kier alpha value is -1.43. The highest BCUT2D eigenvalue weighted by Gasteiger charge is 2.31. The summed E-state index contributed by atoms with van der Waals surface area (Å²) in [6.45, 7) is 13.7. The summed E-state index contributed by atoms with van der Waals surface area (Å²) in [6, 6.07) is 0.386. The summed E-state index contributed by atoms with van der Waals surface area (Å²) in [6.07, 6.45) is 2.01. The summed E-state index contributed by atoms with van der Waals surface area (Å²) in [4.78, 5) is 18.1. The van der Waals surface area contributed by atoms with Gasteiger partial charge in [0.15, 0.2) is 5.82 Å². The number of piperidine rings is 1. The third kappa shape index (κ3) is 4.31. The topological polar surface area (TPSA) is 71.3 Å². The second-order valence-electron chi connectivity index (χ2n) is 7.62. The van der Waals surface area contributed by atoms with Gasteiger partial charge in [0.1, 0.15) is 0 Å². The van der Waals surface area contributed by atoms with Crippen LogP contribution in [0, 0.1) is 5.92 Å². The molecule has 0 saturated carbocycles. The lowest BCUT2D eigenvalue weighted by Crippen LogP contribution is -2.50. The number of nitrogens with zero attached hydrogens (tertiary/aromatic N) is 3. The van der Waals surface area contributed by atoms with Crippen LogP contribution in [0.4, 0.5) is 0 Å². The predicted molar refractivity (Wildman–Crippen MR) is 89.0 cm³/mol. The Bertz CT molecular complexity index is 535. The van der Waals surface area contributed by atoms with Crippen LogP contribution in [0.5, 0.6) is 0 Å². The molecule has 0 aliphatic carbocycles. The number of hydrogen-bond acceptors (Lipinski definition) is 5. The van der Waals surface area contributed by atoms with Gasteiger partial charge in [-0.05, 0) is 19.3 Å². The van der Waals surface area contributed by atoms with E-state index in [-0.39, 0.29) is 17.4 Å². The molecule has 1 saturated heterocycles. The van der Waals surface area contributed by atoms with Gasteiger partial charge in [-0.3, -0.25) is 4.79 Å². The van der Waals surface area contributed by atoms with Crippen LogP contribution in [0.15, 0.2) is 4.52 Å². The summed E-state index contributed by atoms with van der Waals surface area (Å²) in [5.74, 6) is 2.00. The first-order chi connectivity index (χ1) is 10.7. The highest BCUT2D eigenvalue weighted by atomic mass is 16.5. The Kier molecular flexibility index (Phi) is 5.45. The molecule has 1 fully saturated rings. The average Bonchev–Trinajstić information content (AvgIpc) is 2.97. The molecule has 1 aliphatic heterocycles. The van der Waals surface area contributed by atoms with Gasteiger partial charge in [0.2, 0.25) is 11.8 Å². The zero-order valence-corrected chi connectivity index (χ0v) is 15.2. The summed E-state index contributed by atoms with van der Waals surface area (Å²) in [5.41, 5.74) is -0.111. The Morgan fingerprint density at radius 2 is 2.17 bits per heavy atom. The van der Waals surface area contributed by atoms with Gasteiger partial charge in [0.25, 0.3) is 0 Å². The van der Waals surface area contributed by atoms with E-state index < -0.39 is 0 Å². The van der Waals surface area contributed by atoms with Crippen molar-refractivity contribution in [3.8, 4) is 0 Å². The highest BCUT2D eigenvalue weighted by molar-refractivity contribution is 5.73. The summed E-state index contributed by atoms with van der Waals surface area (Å²) in [5, 5.41) is 7.72. The third-order valence-electron chi connectivity index (χ3n) is 4.65. The fourth-order valence-electron chi connectivity index (χ4n) is 3.06. The molecule has 23 heavy (non-hydrogen) atoms. The average molecular weight is 322 g/mol. The molecule has 1 aromatic heterocycles. The van der Waals surface area contributed by atoms with Crippen molar-refractivity contribution in [2.45, 2.75) is 71.9 Å². The maximum Gasteiger partial charge on any atom is 0.243 e. The first-order valence-electron chi connectivity index (χ1n) is 8.58. The number of nitrogens with one attached hydrogen (secondary N) is 1. The van der Waals surface area contributed by atoms with E-state index in [0.29, 0.717) is 17.9 Å².